The largest absolute Gasteiger partial charge is 0.505 e. The van der Waals surface area contributed by atoms with Crippen LogP contribution in [0.25, 0.3) is 10.9 Å². The number of alkyl halides is 1. The number of nitrogens with zero attached hydrogens (tertiary/aromatic N) is 1. The van der Waals surface area contributed by atoms with Crippen molar-refractivity contribution in [2.45, 2.75) is 6.04 Å². The first-order valence-corrected chi connectivity index (χ1v) is 8.71. The molecule has 7 heteroatoms. The van der Waals surface area contributed by atoms with E-state index in [0.717, 1.165) is 0 Å². The minimum absolute atomic E-state index is 0.0484. The molecule has 0 bridgehead atoms. The van der Waals surface area contributed by atoms with E-state index in [4.69, 9.17) is 27.9 Å². The molecule has 0 aliphatic carbocycles. The summed E-state index contributed by atoms with van der Waals surface area (Å²) >= 11 is 12.0. The van der Waals surface area contributed by atoms with Crippen LogP contribution >= 0.6 is 23.2 Å². The van der Waals surface area contributed by atoms with Crippen molar-refractivity contribution in [3.63, 3.8) is 0 Å². The van der Waals surface area contributed by atoms with Gasteiger partial charge in [0.1, 0.15) is 22.9 Å². The summed E-state index contributed by atoms with van der Waals surface area (Å²) in [4.78, 5) is 16.2. The van der Waals surface area contributed by atoms with Crippen LogP contribution < -0.4 is 10.1 Å². The number of fused-ring (bicyclic) bond motifs is 1. The predicted octanol–water partition coefficient (Wildman–Crippen LogP) is 4.05. The Labute approximate surface area is 160 Å². The van der Waals surface area contributed by atoms with Crippen LogP contribution in [-0.4, -0.2) is 29.0 Å². The second-order valence-electron chi connectivity index (χ2n) is 5.61. The number of hydrogen-bond acceptors (Lipinski definition) is 4. The van der Waals surface area contributed by atoms with E-state index in [0.29, 0.717) is 32.8 Å². The van der Waals surface area contributed by atoms with Gasteiger partial charge in [-0.05, 0) is 35.9 Å². The van der Waals surface area contributed by atoms with Crippen molar-refractivity contribution in [2.75, 3.05) is 13.0 Å². The number of ether oxygens (including phenoxy) is 1. The van der Waals surface area contributed by atoms with Crippen molar-refractivity contribution >= 4 is 40.0 Å². The van der Waals surface area contributed by atoms with Crippen LogP contribution in [0, 0.1) is 0 Å². The molecule has 1 amide bonds. The molecule has 26 heavy (non-hydrogen) atoms. The van der Waals surface area contributed by atoms with Gasteiger partial charge in [0.05, 0.1) is 18.2 Å². The van der Waals surface area contributed by atoms with Crippen LogP contribution in [0.1, 0.15) is 17.2 Å². The fourth-order valence-electron chi connectivity index (χ4n) is 2.79. The lowest BCUT2D eigenvalue weighted by Crippen LogP contribution is -2.30. The van der Waals surface area contributed by atoms with E-state index in [1.165, 1.54) is 0 Å². The van der Waals surface area contributed by atoms with Crippen molar-refractivity contribution in [1.29, 1.82) is 0 Å². The Hall–Kier alpha value is -2.50. The van der Waals surface area contributed by atoms with Crippen LogP contribution in [-0.2, 0) is 4.79 Å². The number of aromatic hydroxyl groups is 1. The third-order valence-electron chi connectivity index (χ3n) is 4.01. The zero-order valence-corrected chi connectivity index (χ0v) is 15.4. The highest BCUT2D eigenvalue weighted by Crippen LogP contribution is 2.38. The maximum absolute atomic E-state index is 12.0. The van der Waals surface area contributed by atoms with E-state index in [2.05, 4.69) is 10.3 Å². The molecular weight excluding hydrogens is 375 g/mol. The lowest BCUT2D eigenvalue weighted by atomic mass is 9.96. The van der Waals surface area contributed by atoms with E-state index in [9.17, 15) is 9.90 Å². The Bertz CT molecular complexity index is 963. The van der Waals surface area contributed by atoms with Gasteiger partial charge in [0.25, 0.3) is 0 Å². The van der Waals surface area contributed by atoms with Gasteiger partial charge in [0.15, 0.2) is 0 Å². The molecule has 0 aliphatic heterocycles. The summed E-state index contributed by atoms with van der Waals surface area (Å²) in [5.41, 5.74) is 1.50. The molecule has 1 heterocycles. The van der Waals surface area contributed by atoms with Crippen LogP contribution in [0.3, 0.4) is 0 Å². The van der Waals surface area contributed by atoms with Gasteiger partial charge in [-0.2, -0.15) is 0 Å². The van der Waals surface area contributed by atoms with Gasteiger partial charge in [0, 0.05) is 17.1 Å². The fraction of sp³-hybridized carbons (Fsp3) is 0.158. The van der Waals surface area contributed by atoms with Crippen LogP contribution in [0.4, 0.5) is 0 Å². The van der Waals surface area contributed by atoms with E-state index in [-0.39, 0.29) is 17.5 Å². The molecule has 0 radical (unpaired) electrons. The molecule has 5 nitrogen and oxygen atoms in total. The number of carbonyl (C=O) groups is 1. The van der Waals surface area contributed by atoms with Crippen molar-refractivity contribution < 1.29 is 14.6 Å². The molecule has 1 aromatic heterocycles. The van der Waals surface area contributed by atoms with E-state index < -0.39 is 6.04 Å². The molecule has 1 unspecified atom stereocenters. The number of methoxy groups -OCH3 is 1. The van der Waals surface area contributed by atoms with Gasteiger partial charge in [0.2, 0.25) is 5.91 Å². The Morgan fingerprint density at radius 1 is 1.31 bits per heavy atom. The second kappa shape index (κ2) is 7.81. The third-order valence-corrected chi connectivity index (χ3v) is 4.57. The topological polar surface area (TPSA) is 71.5 Å². The molecule has 0 saturated carbocycles. The number of aromatic nitrogens is 1. The summed E-state index contributed by atoms with van der Waals surface area (Å²) in [5.74, 6) is -0.0122. The molecule has 0 saturated heterocycles. The number of hydrogen-bond donors (Lipinski definition) is 2. The second-order valence-corrected chi connectivity index (χ2v) is 6.28. The SMILES string of the molecule is COc1cccc(C(NC(=O)CCl)c2cc(Cl)c3cccnc3c2O)c1. The fourth-order valence-corrected chi connectivity index (χ4v) is 3.13. The smallest absolute Gasteiger partial charge is 0.235 e. The summed E-state index contributed by atoms with van der Waals surface area (Å²) in [6.45, 7) is 0. The molecule has 0 fully saturated rings. The van der Waals surface area contributed by atoms with Gasteiger partial charge in [-0.15, -0.1) is 11.6 Å². The predicted molar refractivity (Wildman–Crippen MR) is 102 cm³/mol. The highest BCUT2D eigenvalue weighted by Gasteiger charge is 2.23. The van der Waals surface area contributed by atoms with Crippen molar-refractivity contribution in [3.8, 4) is 11.5 Å². The Morgan fingerprint density at radius 2 is 2.12 bits per heavy atom. The molecular formula is C19H16Cl2N2O3. The highest BCUT2D eigenvalue weighted by molar-refractivity contribution is 6.35. The molecule has 1 atom stereocenters. The van der Waals surface area contributed by atoms with Crippen LogP contribution in [0.15, 0.2) is 48.7 Å². The quantitative estimate of drug-likeness (QED) is 0.644. The number of rotatable bonds is 5. The van der Waals surface area contributed by atoms with Gasteiger partial charge in [-0.25, -0.2) is 0 Å². The average molecular weight is 391 g/mol. The molecule has 0 aliphatic rings. The minimum atomic E-state index is -0.666. The first kappa shape index (κ1) is 18.3. The van der Waals surface area contributed by atoms with Gasteiger partial charge in [-0.3, -0.25) is 9.78 Å². The summed E-state index contributed by atoms with van der Waals surface area (Å²) < 4.78 is 5.26. The summed E-state index contributed by atoms with van der Waals surface area (Å²) in [6.07, 6.45) is 1.57. The number of pyridine rings is 1. The number of benzene rings is 2. The Balaban J connectivity index is 2.20. The van der Waals surface area contributed by atoms with Crippen molar-refractivity contribution in [3.05, 3.63) is 64.8 Å². The Kier molecular flexibility index (Phi) is 5.49. The normalized spacial score (nSPS) is 12.0. The molecule has 3 rings (SSSR count). The summed E-state index contributed by atoms with van der Waals surface area (Å²) in [7, 11) is 1.56. The molecule has 2 N–H and O–H groups in total. The maximum Gasteiger partial charge on any atom is 0.235 e. The summed E-state index contributed by atoms with van der Waals surface area (Å²) in [5, 5.41) is 14.6. The lowest BCUT2D eigenvalue weighted by Gasteiger charge is -2.22. The maximum atomic E-state index is 12.0. The average Bonchev–Trinajstić information content (AvgIpc) is 2.69. The zero-order chi connectivity index (χ0) is 18.7. The lowest BCUT2D eigenvalue weighted by molar-refractivity contribution is -0.119. The zero-order valence-electron chi connectivity index (χ0n) is 13.9. The van der Waals surface area contributed by atoms with E-state index in [1.54, 1.807) is 49.7 Å². The Morgan fingerprint density at radius 3 is 2.85 bits per heavy atom. The van der Waals surface area contributed by atoms with Crippen molar-refractivity contribution in [2.24, 2.45) is 0 Å². The van der Waals surface area contributed by atoms with Crippen LogP contribution in [0.2, 0.25) is 5.02 Å². The molecule has 3 aromatic rings. The molecule has 2 aromatic carbocycles. The van der Waals surface area contributed by atoms with Crippen molar-refractivity contribution in [1.82, 2.24) is 10.3 Å². The first-order chi connectivity index (χ1) is 12.5. The van der Waals surface area contributed by atoms with E-state index >= 15 is 0 Å². The van der Waals surface area contributed by atoms with E-state index in [1.807, 2.05) is 6.07 Å². The van der Waals surface area contributed by atoms with Gasteiger partial charge in [-0.1, -0.05) is 23.7 Å². The number of phenols is 1. The van der Waals surface area contributed by atoms with Gasteiger partial charge < -0.3 is 15.2 Å². The highest BCUT2D eigenvalue weighted by atomic mass is 35.5. The number of phenolic OH excluding ortho intramolecular Hbond substituents is 1. The third kappa shape index (κ3) is 3.54. The minimum Gasteiger partial charge on any atom is -0.505 e. The summed E-state index contributed by atoms with van der Waals surface area (Å²) in [6, 6.07) is 11.6. The number of carbonyl (C=O) groups excluding carboxylic acids is 1. The number of halogens is 2. The standard InChI is InChI=1S/C19H16Cl2N2O3/c1-26-12-5-2-4-11(8-12)17(23-16(24)10-20)14-9-15(21)13-6-3-7-22-18(13)19(14)25/h2-9,17,25H,10H2,1H3,(H,23,24). The first-order valence-electron chi connectivity index (χ1n) is 7.80. The molecule has 0 spiro atoms. The number of nitrogens with one attached hydrogen (secondary N) is 1. The number of amides is 1. The van der Waals surface area contributed by atoms with Gasteiger partial charge >= 0.3 is 0 Å². The monoisotopic (exact) mass is 390 g/mol. The van der Waals surface area contributed by atoms with Crippen LogP contribution in [0.5, 0.6) is 11.5 Å². The molecule has 134 valence electrons.